The van der Waals surface area contributed by atoms with Gasteiger partial charge in [-0.25, -0.2) is 0 Å². The molecule has 1 N–H and O–H groups in total. The van der Waals surface area contributed by atoms with E-state index in [1.54, 1.807) is 6.20 Å². The van der Waals surface area contributed by atoms with Gasteiger partial charge in [0.25, 0.3) is 0 Å². The number of rotatable bonds is 3. The standard InChI is InChI=1S/C19H17N2.C11H20O2.Pt/c1-13-10-14(2)18(15(3)11-13)17-7-5-9-21-19(17)16-6-4-8-20-12-16;1-10(2,3)8(12)7-9(13)11(4,5)6;/h4-11H,1-3H3;7,12H,1-6H3;/q-1;;/b;8-7-;. The second kappa shape index (κ2) is 12.4. The van der Waals surface area contributed by atoms with Crippen molar-refractivity contribution in [2.45, 2.75) is 62.3 Å². The van der Waals surface area contributed by atoms with Crippen LogP contribution in [-0.2, 0) is 25.9 Å². The molecule has 0 saturated carbocycles. The molecular formula is C30H37N2O2Pt-. The summed E-state index contributed by atoms with van der Waals surface area (Å²) in [6.45, 7) is 17.5. The van der Waals surface area contributed by atoms with Gasteiger partial charge in [-0.05, 0) is 61.0 Å². The molecule has 0 amide bonds. The molecule has 0 aliphatic heterocycles. The Morgan fingerprint density at radius 2 is 1.49 bits per heavy atom. The molecule has 2 aromatic heterocycles. The molecule has 0 radical (unpaired) electrons. The SMILES string of the molecule is CC(C)(C)C(=O)/C=C(\O)C(C)(C)C.Cc1cc(C)c(-c2cccnc2-c2[c-]nccc2)c(C)c1.[Pt]. The Morgan fingerprint density at radius 3 is 1.97 bits per heavy atom. The average Bonchev–Trinajstić information content (AvgIpc) is 2.73. The molecule has 0 saturated heterocycles. The molecule has 0 fully saturated rings. The van der Waals surface area contributed by atoms with Crippen molar-refractivity contribution in [2.24, 2.45) is 10.8 Å². The number of carbonyl (C=O) groups is 1. The first-order valence-corrected chi connectivity index (χ1v) is 11.5. The van der Waals surface area contributed by atoms with Gasteiger partial charge in [0.15, 0.2) is 5.78 Å². The van der Waals surface area contributed by atoms with Crippen LogP contribution in [-0.4, -0.2) is 20.9 Å². The quantitative estimate of drug-likeness (QED) is 0.180. The zero-order chi connectivity index (χ0) is 25.7. The van der Waals surface area contributed by atoms with E-state index in [2.05, 4.69) is 55.1 Å². The van der Waals surface area contributed by atoms with E-state index in [9.17, 15) is 9.90 Å². The number of aliphatic hydroxyl groups excluding tert-OH is 1. The van der Waals surface area contributed by atoms with Gasteiger partial charge < -0.3 is 15.1 Å². The molecule has 0 bridgehead atoms. The van der Waals surface area contributed by atoms with Crippen molar-refractivity contribution in [3.63, 3.8) is 0 Å². The van der Waals surface area contributed by atoms with E-state index in [-0.39, 0.29) is 38.0 Å². The predicted octanol–water partition coefficient (Wildman–Crippen LogP) is 7.62. The van der Waals surface area contributed by atoms with Crippen LogP contribution in [0, 0.1) is 37.8 Å². The van der Waals surface area contributed by atoms with Gasteiger partial charge in [-0.15, -0.1) is 17.7 Å². The molecule has 5 heteroatoms. The van der Waals surface area contributed by atoms with Gasteiger partial charge >= 0.3 is 0 Å². The second-order valence-corrected chi connectivity index (χ2v) is 10.7. The molecule has 190 valence electrons. The number of allylic oxidation sites excluding steroid dienone is 2. The van der Waals surface area contributed by atoms with E-state index in [4.69, 9.17) is 0 Å². The van der Waals surface area contributed by atoms with Crippen LogP contribution in [0.3, 0.4) is 0 Å². The molecule has 0 atom stereocenters. The van der Waals surface area contributed by atoms with E-state index < -0.39 is 5.41 Å². The summed E-state index contributed by atoms with van der Waals surface area (Å²) in [5, 5.41) is 9.56. The molecule has 2 heterocycles. The van der Waals surface area contributed by atoms with E-state index in [1.165, 1.54) is 28.3 Å². The largest absolute Gasteiger partial charge is 0.512 e. The Morgan fingerprint density at radius 1 is 0.914 bits per heavy atom. The van der Waals surface area contributed by atoms with Gasteiger partial charge in [-0.2, -0.15) is 0 Å². The second-order valence-electron chi connectivity index (χ2n) is 10.7. The molecular weight excluding hydrogens is 615 g/mol. The Kier molecular flexibility index (Phi) is 10.8. The number of ketones is 1. The number of pyridine rings is 2. The summed E-state index contributed by atoms with van der Waals surface area (Å²) in [6, 6.07) is 12.4. The fourth-order valence-corrected chi connectivity index (χ4v) is 3.44. The number of hydrogen-bond donors (Lipinski definition) is 1. The number of aromatic nitrogens is 2. The summed E-state index contributed by atoms with van der Waals surface area (Å²) in [4.78, 5) is 20.1. The van der Waals surface area contributed by atoms with Crippen LogP contribution >= 0.6 is 0 Å². The number of nitrogens with zero attached hydrogens (tertiary/aromatic N) is 2. The summed E-state index contributed by atoms with van der Waals surface area (Å²) in [5.74, 6) is 0.104. The van der Waals surface area contributed by atoms with Crippen LogP contribution in [0.5, 0.6) is 0 Å². The maximum absolute atomic E-state index is 11.5. The average molecular weight is 653 g/mol. The minimum atomic E-state index is -0.417. The van der Waals surface area contributed by atoms with Gasteiger partial charge in [-0.3, -0.25) is 4.79 Å². The van der Waals surface area contributed by atoms with E-state index in [0.29, 0.717) is 0 Å². The molecule has 3 rings (SSSR count). The number of benzene rings is 1. The first-order valence-electron chi connectivity index (χ1n) is 11.5. The van der Waals surface area contributed by atoms with Crippen molar-refractivity contribution in [3.8, 4) is 22.4 Å². The number of aryl methyl sites for hydroxylation is 3. The maximum Gasteiger partial charge on any atom is 0.164 e. The van der Waals surface area contributed by atoms with Crippen molar-refractivity contribution in [1.29, 1.82) is 0 Å². The van der Waals surface area contributed by atoms with Gasteiger partial charge in [0.2, 0.25) is 0 Å². The van der Waals surface area contributed by atoms with Crippen LogP contribution in [0.4, 0.5) is 0 Å². The fourth-order valence-electron chi connectivity index (χ4n) is 3.44. The molecule has 3 aromatic rings. The van der Waals surface area contributed by atoms with Gasteiger partial charge in [-0.1, -0.05) is 71.5 Å². The third-order valence-corrected chi connectivity index (χ3v) is 5.39. The summed E-state index contributed by atoms with van der Waals surface area (Å²) in [6.07, 6.45) is 7.91. The topological polar surface area (TPSA) is 63.1 Å². The van der Waals surface area contributed by atoms with Crippen molar-refractivity contribution >= 4 is 5.78 Å². The third-order valence-electron chi connectivity index (χ3n) is 5.39. The Hall–Kier alpha value is -2.58. The first kappa shape index (κ1) is 30.4. The van der Waals surface area contributed by atoms with Gasteiger partial charge in [0.05, 0.1) is 0 Å². The molecule has 0 unspecified atom stereocenters. The van der Waals surface area contributed by atoms with Gasteiger partial charge in [0, 0.05) is 44.2 Å². The van der Waals surface area contributed by atoms with Crippen LogP contribution in [0.25, 0.3) is 22.4 Å². The molecule has 0 aliphatic carbocycles. The molecule has 1 aromatic carbocycles. The van der Waals surface area contributed by atoms with E-state index in [0.717, 1.165) is 16.8 Å². The van der Waals surface area contributed by atoms with E-state index in [1.807, 2.05) is 65.9 Å². The molecule has 0 spiro atoms. The van der Waals surface area contributed by atoms with Crippen molar-refractivity contribution in [3.05, 3.63) is 83.5 Å². The fraction of sp³-hybridized carbons (Fsp3) is 0.367. The van der Waals surface area contributed by atoms with Crippen molar-refractivity contribution in [2.75, 3.05) is 0 Å². The summed E-state index contributed by atoms with van der Waals surface area (Å²) < 4.78 is 0. The van der Waals surface area contributed by atoms with Crippen LogP contribution in [0.1, 0.15) is 58.2 Å². The normalized spacial score (nSPS) is 11.7. The summed E-state index contributed by atoms with van der Waals surface area (Å²) in [7, 11) is 0. The monoisotopic (exact) mass is 652 g/mol. The minimum absolute atomic E-state index is 0. The summed E-state index contributed by atoms with van der Waals surface area (Å²) in [5.41, 5.74) is 7.30. The molecule has 0 aliphatic rings. The minimum Gasteiger partial charge on any atom is -0.512 e. The van der Waals surface area contributed by atoms with Crippen molar-refractivity contribution in [1.82, 2.24) is 9.97 Å². The Labute approximate surface area is 225 Å². The van der Waals surface area contributed by atoms with Crippen molar-refractivity contribution < 1.29 is 31.0 Å². The van der Waals surface area contributed by atoms with Crippen LogP contribution in [0.2, 0.25) is 0 Å². The van der Waals surface area contributed by atoms with Gasteiger partial charge in [0.1, 0.15) is 5.76 Å². The number of carbonyl (C=O) groups excluding carboxylic acids is 1. The number of hydrogen-bond acceptors (Lipinski definition) is 4. The summed E-state index contributed by atoms with van der Waals surface area (Å²) >= 11 is 0. The molecule has 4 nitrogen and oxygen atoms in total. The third kappa shape index (κ3) is 8.54. The van der Waals surface area contributed by atoms with Crippen LogP contribution in [0.15, 0.2) is 60.6 Å². The smallest absolute Gasteiger partial charge is 0.164 e. The Balaban J connectivity index is 0.000000383. The predicted molar refractivity (Wildman–Crippen MR) is 141 cm³/mol. The van der Waals surface area contributed by atoms with E-state index >= 15 is 0 Å². The maximum atomic E-state index is 11.5. The molecule has 35 heavy (non-hydrogen) atoms. The Bertz CT molecular complexity index is 1150. The zero-order valence-electron chi connectivity index (χ0n) is 22.3. The number of aliphatic hydroxyl groups is 1. The first-order chi connectivity index (χ1) is 15.7. The zero-order valence-corrected chi connectivity index (χ0v) is 24.5. The van der Waals surface area contributed by atoms with Crippen LogP contribution < -0.4 is 0 Å².